The van der Waals surface area contributed by atoms with E-state index in [4.69, 9.17) is 23.2 Å². The molecule has 1 atom stereocenters. The van der Waals surface area contributed by atoms with Crippen LogP contribution in [-0.4, -0.2) is 18.9 Å². The van der Waals surface area contributed by atoms with Crippen molar-refractivity contribution in [2.45, 2.75) is 6.04 Å². The summed E-state index contributed by atoms with van der Waals surface area (Å²) in [7, 11) is 1.56. The summed E-state index contributed by atoms with van der Waals surface area (Å²) in [5, 5.41) is 3.76. The molecule has 0 aliphatic carbocycles. The molecule has 4 nitrogen and oxygen atoms in total. The second-order valence-electron chi connectivity index (χ2n) is 5.00. The molecular weight excluding hydrogens is 323 g/mol. The smallest absolute Gasteiger partial charge is 0.316 e. The summed E-state index contributed by atoms with van der Waals surface area (Å²) in [4.78, 5) is 25.5. The molecule has 2 aromatic rings. The molecule has 2 amide bonds. The number of nitrogens with one attached hydrogen (secondary N) is 1. The van der Waals surface area contributed by atoms with Gasteiger partial charge in [-0.15, -0.1) is 0 Å². The maximum Gasteiger partial charge on any atom is 0.316 e. The molecular formula is C16H12Cl2N2O2. The molecule has 0 saturated carbocycles. The Kier molecular flexibility index (Phi) is 3.81. The first-order valence-electron chi connectivity index (χ1n) is 6.61. The van der Waals surface area contributed by atoms with E-state index in [9.17, 15) is 9.59 Å². The predicted octanol–water partition coefficient (Wildman–Crippen LogP) is 3.18. The van der Waals surface area contributed by atoms with Crippen LogP contribution in [0.4, 0.5) is 5.69 Å². The number of nitrogens with zero attached hydrogens (tertiary/aromatic N) is 1. The Balaban J connectivity index is 2.24. The highest BCUT2D eigenvalue weighted by Crippen LogP contribution is 2.36. The summed E-state index contributed by atoms with van der Waals surface area (Å²) in [6.07, 6.45) is 0. The Morgan fingerprint density at radius 3 is 2.50 bits per heavy atom. The Hall–Kier alpha value is -2.04. The highest BCUT2D eigenvalue weighted by atomic mass is 35.5. The monoisotopic (exact) mass is 334 g/mol. The number of rotatable bonds is 1. The lowest BCUT2D eigenvalue weighted by Crippen LogP contribution is -2.39. The molecule has 0 spiro atoms. The summed E-state index contributed by atoms with van der Waals surface area (Å²) in [6, 6.07) is 11.8. The van der Waals surface area contributed by atoms with Crippen LogP contribution in [-0.2, 0) is 9.59 Å². The number of carbonyl (C=O) groups is 2. The Morgan fingerprint density at radius 2 is 1.77 bits per heavy atom. The van der Waals surface area contributed by atoms with Crippen LogP contribution in [0.3, 0.4) is 0 Å². The van der Waals surface area contributed by atoms with Crippen molar-refractivity contribution in [2.75, 3.05) is 11.9 Å². The van der Waals surface area contributed by atoms with Crippen molar-refractivity contribution in [2.24, 2.45) is 0 Å². The van der Waals surface area contributed by atoms with Gasteiger partial charge in [-0.3, -0.25) is 9.59 Å². The van der Waals surface area contributed by atoms with Gasteiger partial charge >= 0.3 is 11.8 Å². The van der Waals surface area contributed by atoms with Gasteiger partial charge in [0.2, 0.25) is 0 Å². The van der Waals surface area contributed by atoms with Crippen molar-refractivity contribution in [1.29, 1.82) is 0 Å². The first kappa shape index (κ1) is 14.9. The maximum absolute atomic E-state index is 12.1. The lowest BCUT2D eigenvalue weighted by Gasteiger charge is -2.21. The molecule has 1 aliphatic rings. The largest absolute Gasteiger partial charge is 0.337 e. The molecule has 0 radical (unpaired) electrons. The second kappa shape index (κ2) is 5.63. The molecule has 1 heterocycles. The summed E-state index contributed by atoms with van der Waals surface area (Å²) >= 11 is 12.3. The zero-order valence-corrected chi connectivity index (χ0v) is 13.2. The first-order valence-corrected chi connectivity index (χ1v) is 7.37. The van der Waals surface area contributed by atoms with Crippen molar-refractivity contribution in [3.63, 3.8) is 0 Å². The molecule has 1 N–H and O–H groups in total. The molecule has 1 unspecified atom stereocenters. The summed E-state index contributed by atoms with van der Waals surface area (Å²) in [5.41, 5.74) is 2.06. The zero-order valence-electron chi connectivity index (χ0n) is 11.6. The van der Waals surface area contributed by atoms with Crippen molar-refractivity contribution in [3.8, 4) is 0 Å². The average Bonchev–Trinajstić information content (AvgIpc) is 2.59. The van der Waals surface area contributed by atoms with E-state index in [0.717, 1.165) is 5.56 Å². The van der Waals surface area contributed by atoms with E-state index < -0.39 is 17.9 Å². The number of carbonyl (C=O) groups excluding carboxylic acids is 2. The quantitative estimate of drug-likeness (QED) is 0.814. The number of halogens is 2. The Bertz CT molecular complexity index is 776. The molecule has 6 heteroatoms. The third-order valence-corrected chi connectivity index (χ3v) is 4.23. The topological polar surface area (TPSA) is 49.4 Å². The van der Waals surface area contributed by atoms with Crippen molar-refractivity contribution >= 4 is 40.7 Å². The Labute approximate surface area is 137 Å². The third-order valence-electron chi connectivity index (χ3n) is 3.65. The number of hydrogen-bond acceptors (Lipinski definition) is 2. The number of amides is 2. The SMILES string of the molecule is CN1C(=O)C(=O)NC(c2ccccc2Cl)c2cc(Cl)ccc21. The number of fused-ring (bicyclic) bond motifs is 1. The van der Waals surface area contributed by atoms with Gasteiger partial charge in [0.1, 0.15) is 0 Å². The van der Waals surface area contributed by atoms with Gasteiger partial charge in [-0.25, -0.2) is 0 Å². The van der Waals surface area contributed by atoms with Gasteiger partial charge < -0.3 is 10.2 Å². The summed E-state index contributed by atoms with van der Waals surface area (Å²) in [5.74, 6) is -1.31. The van der Waals surface area contributed by atoms with Crippen LogP contribution in [0.15, 0.2) is 42.5 Å². The number of benzene rings is 2. The molecule has 22 heavy (non-hydrogen) atoms. The lowest BCUT2D eigenvalue weighted by molar-refractivity contribution is -0.137. The summed E-state index contributed by atoms with van der Waals surface area (Å²) in [6.45, 7) is 0. The fraction of sp³-hybridized carbons (Fsp3) is 0.125. The van der Waals surface area contributed by atoms with E-state index in [1.54, 1.807) is 37.4 Å². The highest BCUT2D eigenvalue weighted by molar-refractivity contribution is 6.41. The van der Waals surface area contributed by atoms with Crippen LogP contribution in [0.1, 0.15) is 17.2 Å². The zero-order chi connectivity index (χ0) is 15.9. The van der Waals surface area contributed by atoms with E-state index in [-0.39, 0.29) is 0 Å². The predicted molar refractivity (Wildman–Crippen MR) is 86.3 cm³/mol. The van der Waals surface area contributed by atoms with Gasteiger partial charge in [0, 0.05) is 28.3 Å². The molecule has 0 aromatic heterocycles. The van der Waals surface area contributed by atoms with Gasteiger partial charge in [0.15, 0.2) is 0 Å². The third kappa shape index (κ3) is 2.45. The van der Waals surface area contributed by atoms with E-state index in [1.165, 1.54) is 4.90 Å². The van der Waals surface area contributed by atoms with Gasteiger partial charge in [-0.05, 0) is 29.8 Å². The van der Waals surface area contributed by atoms with E-state index in [0.29, 0.717) is 21.3 Å². The second-order valence-corrected chi connectivity index (χ2v) is 5.84. The van der Waals surface area contributed by atoms with Crippen LogP contribution in [0.2, 0.25) is 10.0 Å². The molecule has 1 aliphatic heterocycles. The van der Waals surface area contributed by atoms with Crippen LogP contribution < -0.4 is 10.2 Å². The number of hydrogen-bond donors (Lipinski definition) is 1. The Morgan fingerprint density at radius 1 is 1.05 bits per heavy atom. The van der Waals surface area contributed by atoms with Gasteiger partial charge in [-0.2, -0.15) is 0 Å². The van der Waals surface area contributed by atoms with E-state index in [2.05, 4.69) is 5.32 Å². The fourth-order valence-corrected chi connectivity index (χ4v) is 2.97. The first-order chi connectivity index (χ1) is 10.5. The average molecular weight is 335 g/mol. The summed E-state index contributed by atoms with van der Waals surface area (Å²) < 4.78 is 0. The van der Waals surface area contributed by atoms with E-state index in [1.807, 2.05) is 12.1 Å². The molecule has 0 bridgehead atoms. The minimum Gasteiger partial charge on any atom is -0.337 e. The van der Waals surface area contributed by atoms with Gasteiger partial charge in [-0.1, -0.05) is 41.4 Å². The number of likely N-dealkylation sites (N-methyl/N-ethyl adjacent to an activating group) is 1. The normalized spacial score (nSPS) is 17.8. The van der Waals surface area contributed by atoms with Crippen LogP contribution in [0.5, 0.6) is 0 Å². The molecule has 3 rings (SSSR count). The fourth-order valence-electron chi connectivity index (χ4n) is 2.55. The number of anilines is 1. The molecule has 112 valence electrons. The van der Waals surface area contributed by atoms with Crippen LogP contribution >= 0.6 is 23.2 Å². The molecule has 0 fully saturated rings. The van der Waals surface area contributed by atoms with Gasteiger partial charge in [0.05, 0.1) is 6.04 Å². The minimum absolute atomic E-state index is 0.510. The molecule has 0 saturated heterocycles. The maximum atomic E-state index is 12.1. The standard InChI is InChI=1S/C16H12Cl2N2O2/c1-20-13-7-6-9(17)8-11(13)14(19-15(21)16(20)22)10-4-2-3-5-12(10)18/h2-8,14H,1H3,(H,19,21). The van der Waals surface area contributed by atoms with E-state index >= 15 is 0 Å². The minimum atomic E-state index is -0.681. The lowest BCUT2D eigenvalue weighted by atomic mass is 9.97. The highest BCUT2D eigenvalue weighted by Gasteiger charge is 2.32. The van der Waals surface area contributed by atoms with Crippen LogP contribution in [0.25, 0.3) is 0 Å². The van der Waals surface area contributed by atoms with Crippen molar-refractivity contribution in [1.82, 2.24) is 5.32 Å². The van der Waals surface area contributed by atoms with Gasteiger partial charge in [0.25, 0.3) is 0 Å². The van der Waals surface area contributed by atoms with Crippen molar-refractivity contribution in [3.05, 3.63) is 63.6 Å². The van der Waals surface area contributed by atoms with Crippen molar-refractivity contribution < 1.29 is 9.59 Å². The molecule has 2 aromatic carbocycles. The van der Waals surface area contributed by atoms with Crippen LogP contribution in [0, 0.1) is 0 Å².